The third-order valence-corrected chi connectivity index (χ3v) is 2.99. The van der Waals surface area contributed by atoms with Gasteiger partial charge in [-0.3, -0.25) is 4.79 Å². The number of halogens is 2. The van der Waals surface area contributed by atoms with Gasteiger partial charge in [-0.1, -0.05) is 29.1 Å². The normalized spacial score (nSPS) is 9.40. The van der Waals surface area contributed by atoms with Crippen molar-refractivity contribution in [2.75, 3.05) is 6.54 Å². The van der Waals surface area contributed by atoms with Crippen LogP contribution in [0.25, 0.3) is 0 Å². The number of carbonyl (C=O) groups excluding carboxylic acids is 1. The maximum Gasteiger partial charge on any atom is 0.284 e. The van der Waals surface area contributed by atoms with E-state index in [1.807, 2.05) is 0 Å². The van der Waals surface area contributed by atoms with Crippen molar-refractivity contribution in [1.29, 1.82) is 0 Å². The zero-order valence-electron chi connectivity index (χ0n) is 7.59. The van der Waals surface area contributed by atoms with E-state index in [9.17, 15) is 4.79 Å². The van der Waals surface area contributed by atoms with Crippen LogP contribution in [0.1, 0.15) is 0 Å². The topological polar surface area (TPSA) is 29.1 Å². The number of thioether (sulfide) groups is 1. The average molecular weight is 260 g/mol. The van der Waals surface area contributed by atoms with E-state index in [1.165, 1.54) is 0 Å². The lowest BCUT2D eigenvalue weighted by Crippen LogP contribution is -2.18. The van der Waals surface area contributed by atoms with Crippen LogP contribution in [0.5, 0.6) is 0 Å². The molecule has 0 aliphatic heterocycles. The fourth-order valence-corrected chi connectivity index (χ4v) is 1.84. The van der Waals surface area contributed by atoms with E-state index >= 15 is 0 Å². The molecule has 0 heterocycles. The summed E-state index contributed by atoms with van der Waals surface area (Å²) in [4.78, 5) is 12.0. The first kappa shape index (κ1) is 12.3. The highest BCUT2D eigenvalue weighted by Gasteiger charge is 2.05. The highest BCUT2D eigenvalue weighted by atomic mass is 35.5. The van der Waals surface area contributed by atoms with E-state index in [1.54, 1.807) is 18.2 Å². The van der Waals surface area contributed by atoms with Gasteiger partial charge in [-0.05, 0) is 30.0 Å². The quantitative estimate of drug-likeness (QED) is 0.652. The van der Waals surface area contributed by atoms with Gasteiger partial charge >= 0.3 is 0 Å². The summed E-state index contributed by atoms with van der Waals surface area (Å²) in [6.07, 6.45) is 5.00. The lowest BCUT2D eigenvalue weighted by atomic mass is 10.4. The van der Waals surface area contributed by atoms with Crippen LogP contribution in [0.2, 0.25) is 10.0 Å². The summed E-state index contributed by atoms with van der Waals surface area (Å²) >= 11 is 12.5. The van der Waals surface area contributed by atoms with Crippen molar-refractivity contribution in [2.45, 2.75) is 4.90 Å². The molecule has 2 nitrogen and oxygen atoms in total. The van der Waals surface area contributed by atoms with E-state index in [2.05, 4.69) is 11.2 Å². The van der Waals surface area contributed by atoms with Gasteiger partial charge in [-0.25, -0.2) is 0 Å². The molecule has 5 heteroatoms. The molecule has 1 aromatic carbocycles. The second kappa shape index (κ2) is 5.92. The molecule has 1 amide bonds. The van der Waals surface area contributed by atoms with Gasteiger partial charge in [0, 0.05) is 4.90 Å². The van der Waals surface area contributed by atoms with Crippen LogP contribution in [-0.2, 0) is 0 Å². The summed E-state index contributed by atoms with van der Waals surface area (Å²) < 4.78 is 0. The van der Waals surface area contributed by atoms with Gasteiger partial charge in [-0.2, -0.15) is 0 Å². The highest BCUT2D eigenvalue weighted by Crippen LogP contribution is 2.28. The molecule has 1 N–H and O–H groups in total. The van der Waals surface area contributed by atoms with Gasteiger partial charge in [-0.15, -0.1) is 6.42 Å². The Morgan fingerprint density at radius 3 is 2.80 bits per heavy atom. The van der Waals surface area contributed by atoms with Gasteiger partial charge < -0.3 is 5.32 Å². The fraction of sp³-hybridized carbons (Fsp3) is 0.100. The number of carbonyl (C=O) groups is 1. The summed E-state index contributed by atoms with van der Waals surface area (Å²) in [6, 6.07) is 4.99. The monoisotopic (exact) mass is 259 g/mol. The van der Waals surface area contributed by atoms with Crippen LogP contribution in [0.3, 0.4) is 0 Å². The Balaban J connectivity index is 2.62. The van der Waals surface area contributed by atoms with Crippen LogP contribution in [0, 0.1) is 12.3 Å². The summed E-state index contributed by atoms with van der Waals surface area (Å²) in [7, 11) is 0. The predicted molar refractivity (Wildman–Crippen MR) is 64.6 cm³/mol. The predicted octanol–water partition coefficient (Wildman–Crippen LogP) is 3.43. The van der Waals surface area contributed by atoms with Crippen molar-refractivity contribution in [1.82, 2.24) is 5.32 Å². The Labute approximate surface area is 102 Å². The number of benzene rings is 1. The number of terminal acetylenes is 1. The van der Waals surface area contributed by atoms with E-state index in [-0.39, 0.29) is 11.8 Å². The summed E-state index contributed by atoms with van der Waals surface area (Å²) in [6.45, 7) is 0.215. The van der Waals surface area contributed by atoms with Crippen molar-refractivity contribution in [3.05, 3.63) is 28.2 Å². The largest absolute Gasteiger partial charge is 0.336 e. The molecule has 15 heavy (non-hydrogen) atoms. The minimum absolute atomic E-state index is 0.215. The van der Waals surface area contributed by atoms with Crippen molar-refractivity contribution < 1.29 is 4.79 Å². The van der Waals surface area contributed by atoms with Crippen molar-refractivity contribution in [2.24, 2.45) is 0 Å². The second-order valence-corrected chi connectivity index (χ2v) is 4.38. The lowest BCUT2D eigenvalue weighted by molar-refractivity contribution is 0.261. The SMILES string of the molecule is C#CCNC(=O)Sc1ccc(Cl)c(Cl)c1. The maximum atomic E-state index is 11.2. The molecule has 0 aliphatic rings. The summed E-state index contributed by atoms with van der Waals surface area (Å²) in [5.74, 6) is 2.31. The van der Waals surface area contributed by atoms with Crippen LogP contribution in [0.15, 0.2) is 23.1 Å². The smallest absolute Gasteiger partial charge is 0.284 e. The summed E-state index contributed by atoms with van der Waals surface area (Å²) in [5.41, 5.74) is 0. The molecule has 0 spiro atoms. The lowest BCUT2D eigenvalue weighted by Gasteiger charge is -2.02. The molecule has 0 fully saturated rings. The van der Waals surface area contributed by atoms with Gasteiger partial charge in [0.05, 0.1) is 16.6 Å². The molecule has 1 rings (SSSR count). The number of amides is 1. The van der Waals surface area contributed by atoms with E-state index in [0.717, 1.165) is 16.7 Å². The molecule has 0 unspecified atom stereocenters. The third kappa shape index (κ3) is 4.05. The Kier molecular flexibility index (Phi) is 4.83. The molecule has 78 valence electrons. The zero-order valence-corrected chi connectivity index (χ0v) is 9.92. The molecular weight excluding hydrogens is 253 g/mol. The van der Waals surface area contributed by atoms with Crippen LogP contribution >= 0.6 is 35.0 Å². The Morgan fingerprint density at radius 1 is 1.47 bits per heavy atom. The Hall–Kier alpha value is -0.820. The van der Waals surface area contributed by atoms with Gasteiger partial charge in [0.2, 0.25) is 0 Å². The van der Waals surface area contributed by atoms with Gasteiger partial charge in [0.25, 0.3) is 5.24 Å². The first-order chi connectivity index (χ1) is 7.13. The first-order valence-corrected chi connectivity index (χ1v) is 5.55. The van der Waals surface area contributed by atoms with Crippen molar-refractivity contribution in [3.63, 3.8) is 0 Å². The molecule has 0 bridgehead atoms. The minimum atomic E-state index is -0.216. The molecular formula is C10H7Cl2NOS. The summed E-state index contributed by atoms with van der Waals surface area (Å²) in [5, 5.41) is 3.20. The molecule has 1 aromatic rings. The van der Waals surface area contributed by atoms with Crippen LogP contribution < -0.4 is 5.32 Å². The van der Waals surface area contributed by atoms with Crippen molar-refractivity contribution in [3.8, 4) is 12.3 Å². The average Bonchev–Trinajstić information content (AvgIpc) is 2.20. The Bertz CT molecular complexity index is 414. The van der Waals surface area contributed by atoms with E-state index in [0.29, 0.717) is 10.0 Å². The highest BCUT2D eigenvalue weighted by molar-refractivity contribution is 8.13. The number of rotatable bonds is 2. The maximum absolute atomic E-state index is 11.2. The zero-order chi connectivity index (χ0) is 11.3. The third-order valence-electron chi connectivity index (χ3n) is 1.44. The first-order valence-electron chi connectivity index (χ1n) is 3.97. The molecule has 0 saturated carbocycles. The molecule has 0 aliphatic carbocycles. The second-order valence-electron chi connectivity index (χ2n) is 2.52. The van der Waals surface area contributed by atoms with Crippen molar-refractivity contribution >= 4 is 40.2 Å². The fourth-order valence-electron chi connectivity index (χ4n) is 0.807. The molecule has 0 aromatic heterocycles. The van der Waals surface area contributed by atoms with Gasteiger partial charge in [0.1, 0.15) is 0 Å². The number of nitrogens with one attached hydrogen (secondary N) is 1. The standard InChI is InChI=1S/C10H7Cl2NOS/c1-2-5-13-10(14)15-7-3-4-8(11)9(12)6-7/h1,3-4,6H,5H2,(H,13,14). The molecule has 0 radical (unpaired) electrons. The molecule has 0 atom stereocenters. The van der Waals surface area contributed by atoms with Crippen LogP contribution in [0.4, 0.5) is 4.79 Å². The number of hydrogen-bond acceptors (Lipinski definition) is 2. The van der Waals surface area contributed by atoms with E-state index in [4.69, 9.17) is 29.6 Å². The van der Waals surface area contributed by atoms with Gasteiger partial charge in [0.15, 0.2) is 0 Å². The van der Waals surface area contributed by atoms with E-state index < -0.39 is 0 Å². The minimum Gasteiger partial charge on any atom is -0.336 e. The van der Waals surface area contributed by atoms with Crippen LogP contribution in [-0.4, -0.2) is 11.8 Å². The number of hydrogen-bond donors (Lipinski definition) is 1. The molecule has 0 saturated heterocycles. The Morgan fingerprint density at radius 2 is 2.20 bits per heavy atom.